The van der Waals surface area contributed by atoms with Gasteiger partial charge in [0.1, 0.15) is 12.4 Å². The lowest BCUT2D eigenvalue weighted by atomic mass is 10.1. The Kier molecular flexibility index (Phi) is 5.32. The van der Waals surface area contributed by atoms with Gasteiger partial charge in [0.05, 0.1) is 15.9 Å². The monoisotopic (exact) mass is 466 g/mol. The third kappa shape index (κ3) is 3.43. The lowest BCUT2D eigenvalue weighted by Crippen LogP contribution is -2.51. The zero-order chi connectivity index (χ0) is 20.8. The van der Waals surface area contributed by atoms with Crippen LogP contribution in [0.5, 0.6) is 0 Å². The summed E-state index contributed by atoms with van der Waals surface area (Å²) in [5.74, 6) is -1.22. The molecule has 1 aliphatic rings. The second-order valence-corrected chi connectivity index (χ2v) is 7.02. The Bertz CT molecular complexity index is 943. The fourth-order valence-electron chi connectivity index (χ4n) is 2.72. The van der Waals surface area contributed by atoms with Crippen LogP contribution in [-0.4, -0.2) is 59.9 Å². The van der Waals surface area contributed by atoms with Gasteiger partial charge in [0, 0.05) is 12.6 Å². The molecule has 0 saturated carbocycles. The number of amides is 1. The average Bonchev–Trinajstić information content (AvgIpc) is 3.29. The Labute approximate surface area is 164 Å². The van der Waals surface area contributed by atoms with Gasteiger partial charge in [0.25, 0.3) is 18.8 Å². The fourth-order valence-corrected chi connectivity index (χ4v) is 3.00. The van der Waals surface area contributed by atoms with Gasteiger partial charge in [-0.2, -0.15) is 20.3 Å². The van der Waals surface area contributed by atoms with Gasteiger partial charge in [-0.15, -0.1) is 0 Å². The number of hydrazone groups is 1. The predicted molar refractivity (Wildman–Crippen MR) is 92.2 cm³/mol. The highest BCUT2D eigenvalue weighted by atomic mass is 79.9. The van der Waals surface area contributed by atoms with Crippen LogP contribution >= 0.6 is 15.9 Å². The van der Waals surface area contributed by atoms with Crippen molar-refractivity contribution < 1.29 is 27.5 Å². The molecule has 0 spiro atoms. The van der Waals surface area contributed by atoms with E-state index in [1.807, 2.05) is 6.92 Å². The number of aliphatic hydroxyl groups is 1. The first-order chi connectivity index (χ1) is 13.0. The van der Waals surface area contributed by atoms with Gasteiger partial charge in [-0.25, -0.2) is 22.2 Å². The maximum atomic E-state index is 13.3. The number of halogens is 5. The molecule has 28 heavy (non-hydrogen) atoms. The van der Waals surface area contributed by atoms with Crippen LogP contribution in [0.4, 0.5) is 17.6 Å². The van der Waals surface area contributed by atoms with Crippen molar-refractivity contribution in [2.75, 3.05) is 0 Å². The molecule has 0 radical (unpaired) electrons. The topological polar surface area (TPSA) is 88.5 Å². The van der Waals surface area contributed by atoms with Crippen molar-refractivity contribution in [2.24, 2.45) is 5.10 Å². The van der Waals surface area contributed by atoms with Crippen molar-refractivity contribution >= 4 is 27.5 Å². The number of hydrogen-bond donors (Lipinski definition) is 1. The summed E-state index contributed by atoms with van der Waals surface area (Å²) in [6.07, 6.45) is -6.42. The van der Waals surface area contributed by atoms with Crippen LogP contribution in [0.15, 0.2) is 21.8 Å². The molecular formula is C15H15BrF4N6O2. The fraction of sp³-hybridized carbons (Fsp3) is 0.467. The van der Waals surface area contributed by atoms with E-state index in [0.29, 0.717) is 0 Å². The normalized spacial score (nSPS) is 19.8. The molecule has 152 valence electrons. The molecule has 0 unspecified atom stereocenters. The summed E-state index contributed by atoms with van der Waals surface area (Å²) in [5, 5.41) is 21.5. The molecule has 3 rings (SSSR count). The quantitative estimate of drug-likeness (QED) is 0.685. The van der Waals surface area contributed by atoms with Crippen molar-refractivity contribution in [3.05, 3.63) is 33.8 Å². The van der Waals surface area contributed by atoms with Gasteiger partial charge in [-0.05, 0) is 35.8 Å². The summed E-state index contributed by atoms with van der Waals surface area (Å²) in [5.41, 5.74) is -2.93. The van der Waals surface area contributed by atoms with Crippen molar-refractivity contribution in [1.29, 1.82) is 0 Å². The van der Waals surface area contributed by atoms with Gasteiger partial charge >= 0.3 is 0 Å². The van der Waals surface area contributed by atoms with E-state index in [-0.39, 0.29) is 17.4 Å². The van der Waals surface area contributed by atoms with Gasteiger partial charge in [-0.3, -0.25) is 9.48 Å². The Balaban J connectivity index is 1.85. The van der Waals surface area contributed by atoms with Crippen LogP contribution in [0.1, 0.15) is 28.3 Å². The minimum atomic E-state index is -3.49. The molecular weight excluding hydrogens is 452 g/mol. The Morgan fingerprint density at radius 3 is 2.54 bits per heavy atom. The van der Waals surface area contributed by atoms with Crippen LogP contribution in [0.25, 0.3) is 0 Å². The molecule has 0 bridgehead atoms. The first-order valence-corrected chi connectivity index (χ1v) is 8.77. The number of rotatable bonds is 5. The summed E-state index contributed by atoms with van der Waals surface area (Å²) in [4.78, 5) is 12.5. The van der Waals surface area contributed by atoms with Gasteiger partial charge in [-0.1, -0.05) is 0 Å². The zero-order valence-corrected chi connectivity index (χ0v) is 16.2. The summed E-state index contributed by atoms with van der Waals surface area (Å²) in [6, 6.07) is 1.21. The summed E-state index contributed by atoms with van der Waals surface area (Å²) in [7, 11) is 0. The highest BCUT2D eigenvalue weighted by Gasteiger charge is 2.53. The van der Waals surface area contributed by atoms with E-state index in [4.69, 9.17) is 0 Å². The van der Waals surface area contributed by atoms with Gasteiger partial charge in [0.2, 0.25) is 5.72 Å². The van der Waals surface area contributed by atoms with E-state index in [1.165, 1.54) is 16.9 Å². The van der Waals surface area contributed by atoms with Crippen LogP contribution in [0, 0.1) is 13.8 Å². The van der Waals surface area contributed by atoms with Crippen LogP contribution in [0.3, 0.4) is 0 Å². The Morgan fingerprint density at radius 1 is 1.32 bits per heavy atom. The van der Waals surface area contributed by atoms with Crippen molar-refractivity contribution in [2.45, 2.75) is 45.5 Å². The molecule has 0 aromatic carbocycles. The number of nitrogens with zero attached hydrogens (tertiary/aromatic N) is 6. The number of alkyl halides is 4. The lowest BCUT2D eigenvalue weighted by molar-refractivity contribution is -0.164. The smallest absolute Gasteiger partial charge is 0.297 e. The highest BCUT2D eigenvalue weighted by molar-refractivity contribution is 9.10. The molecule has 1 N–H and O–H groups in total. The first-order valence-electron chi connectivity index (χ1n) is 7.98. The molecule has 3 heterocycles. The largest absolute Gasteiger partial charge is 0.364 e. The van der Waals surface area contributed by atoms with E-state index in [9.17, 15) is 27.5 Å². The van der Waals surface area contributed by atoms with E-state index in [1.54, 1.807) is 11.6 Å². The molecule has 2 aromatic heterocycles. The molecule has 13 heteroatoms. The van der Waals surface area contributed by atoms with E-state index >= 15 is 0 Å². The standard InChI is InChI=1S/C15H15BrF4N6O2/c1-7-11(16)8(2)25(21-7)6-24-4-3-9(22-24)13(27)26-15(28,14(19)20)5-10(23-26)12(17)18/h3-4,12,14,28H,5-6H2,1-2H3/t15-/m1/s1. The zero-order valence-electron chi connectivity index (χ0n) is 14.7. The first kappa shape index (κ1) is 20.5. The Morgan fingerprint density at radius 2 is 2.00 bits per heavy atom. The molecule has 1 atom stereocenters. The molecule has 2 aromatic rings. The van der Waals surface area contributed by atoms with Crippen LogP contribution in [0.2, 0.25) is 0 Å². The summed E-state index contributed by atoms with van der Waals surface area (Å²) >= 11 is 3.38. The summed E-state index contributed by atoms with van der Waals surface area (Å²) < 4.78 is 55.9. The van der Waals surface area contributed by atoms with E-state index < -0.39 is 36.6 Å². The van der Waals surface area contributed by atoms with E-state index in [0.717, 1.165) is 15.9 Å². The number of carbonyl (C=O) groups is 1. The third-order valence-electron chi connectivity index (χ3n) is 4.26. The SMILES string of the molecule is Cc1nn(Cn2ccc(C(=O)N3N=C(C(F)F)C[C@@]3(O)C(F)F)n2)c(C)c1Br. The highest BCUT2D eigenvalue weighted by Crippen LogP contribution is 2.34. The number of aromatic nitrogens is 4. The molecule has 1 amide bonds. The molecule has 0 fully saturated rings. The minimum Gasteiger partial charge on any atom is -0.364 e. The number of carbonyl (C=O) groups excluding carboxylic acids is 1. The molecule has 8 nitrogen and oxygen atoms in total. The van der Waals surface area contributed by atoms with Crippen molar-refractivity contribution in [3.63, 3.8) is 0 Å². The van der Waals surface area contributed by atoms with Crippen molar-refractivity contribution in [3.8, 4) is 0 Å². The third-order valence-corrected chi connectivity index (χ3v) is 5.41. The number of aryl methyl sites for hydroxylation is 1. The van der Waals surface area contributed by atoms with Gasteiger partial charge in [0.15, 0.2) is 5.69 Å². The average molecular weight is 467 g/mol. The minimum absolute atomic E-state index is 0.0221. The maximum Gasteiger partial charge on any atom is 0.297 e. The van der Waals surface area contributed by atoms with Crippen LogP contribution < -0.4 is 0 Å². The predicted octanol–water partition coefficient (Wildman–Crippen LogP) is 2.39. The maximum absolute atomic E-state index is 13.3. The second-order valence-electron chi connectivity index (χ2n) is 6.23. The molecule has 0 aliphatic carbocycles. The van der Waals surface area contributed by atoms with Crippen molar-refractivity contribution in [1.82, 2.24) is 24.6 Å². The van der Waals surface area contributed by atoms with Gasteiger partial charge < -0.3 is 5.11 Å². The Hall–Kier alpha value is -2.28. The summed E-state index contributed by atoms with van der Waals surface area (Å²) in [6.45, 7) is 3.73. The second kappa shape index (κ2) is 7.28. The molecule has 1 aliphatic heterocycles. The lowest BCUT2D eigenvalue weighted by Gasteiger charge is -2.29. The molecule has 0 saturated heterocycles. The number of hydrogen-bond acceptors (Lipinski definition) is 5. The van der Waals surface area contributed by atoms with E-state index in [2.05, 4.69) is 31.2 Å². The van der Waals surface area contributed by atoms with Crippen LogP contribution in [-0.2, 0) is 6.67 Å².